The molecule has 3 aromatic rings. The number of aryl methyl sites for hydroxylation is 1. The van der Waals surface area contributed by atoms with Gasteiger partial charge < -0.3 is 10.1 Å². The van der Waals surface area contributed by atoms with Gasteiger partial charge in [-0.2, -0.15) is 5.10 Å². The summed E-state index contributed by atoms with van der Waals surface area (Å²) in [7, 11) is -0.987. The molecular formula is C21H21N3O3S. The molecule has 0 saturated heterocycles. The summed E-state index contributed by atoms with van der Waals surface area (Å²) in [4.78, 5) is 13.0. The average Bonchev–Trinajstić information content (AvgIpc) is 3.20. The van der Waals surface area contributed by atoms with Crippen molar-refractivity contribution in [1.29, 1.82) is 0 Å². The summed E-state index contributed by atoms with van der Waals surface area (Å²) < 4.78 is 19.4. The predicted octanol–water partition coefficient (Wildman–Crippen LogP) is 3.59. The molecule has 0 spiro atoms. The van der Waals surface area contributed by atoms with Crippen LogP contribution in [0.25, 0.3) is 5.69 Å². The first-order valence-corrected chi connectivity index (χ1v) is 10.6. The molecule has 0 aliphatic carbocycles. The lowest BCUT2D eigenvalue weighted by Gasteiger charge is -2.14. The lowest BCUT2D eigenvalue weighted by Crippen LogP contribution is -2.18. The van der Waals surface area contributed by atoms with Gasteiger partial charge >= 0.3 is 0 Å². The van der Waals surface area contributed by atoms with E-state index < -0.39 is 10.8 Å². The van der Waals surface area contributed by atoms with Crippen LogP contribution in [0.1, 0.15) is 34.1 Å². The normalized spacial score (nSPS) is 15.3. The number of nitrogens with zero attached hydrogens (tertiary/aromatic N) is 2. The van der Waals surface area contributed by atoms with E-state index in [-0.39, 0.29) is 5.91 Å². The molecular weight excluding hydrogens is 374 g/mol. The van der Waals surface area contributed by atoms with Gasteiger partial charge in [0.25, 0.3) is 5.91 Å². The van der Waals surface area contributed by atoms with Crippen LogP contribution in [-0.4, -0.2) is 26.5 Å². The number of nitrogens with one attached hydrogen (secondary N) is 1. The number of benzene rings is 2. The molecule has 6 nitrogen and oxygen atoms in total. The standard InChI is InChI=1S/C21H21N3O3S/c1-3-27-19-11-7-5-9-15(19)21(25)22-20-16-12-28(26)13-17(16)23-24(20)18-10-6-4-8-14(18)2/h4-11H,3,12-13H2,1-2H3,(H,22,25). The monoisotopic (exact) mass is 395 g/mol. The average molecular weight is 395 g/mol. The van der Waals surface area contributed by atoms with Gasteiger partial charge in [-0.3, -0.25) is 9.00 Å². The van der Waals surface area contributed by atoms with Crippen molar-refractivity contribution < 1.29 is 13.7 Å². The summed E-state index contributed by atoms with van der Waals surface area (Å²) in [6.45, 7) is 4.35. The summed E-state index contributed by atoms with van der Waals surface area (Å²) in [5, 5.41) is 7.65. The van der Waals surface area contributed by atoms with Crippen LogP contribution >= 0.6 is 0 Å². The van der Waals surface area contributed by atoms with Gasteiger partial charge in [0.2, 0.25) is 0 Å². The molecule has 1 atom stereocenters. The number of rotatable bonds is 5. The lowest BCUT2D eigenvalue weighted by atomic mass is 10.1. The van der Waals surface area contributed by atoms with Gasteiger partial charge in [-0.1, -0.05) is 30.3 Å². The zero-order valence-corrected chi connectivity index (χ0v) is 16.6. The van der Waals surface area contributed by atoms with E-state index in [0.29, 0.717) is 35.2 Å². The van der Waals surface area contributed by atoms with Gasteiger partial charge in [0.1, 0.15) is 11.6 Å². The highest BCUT2D eigenvalue weighted by molar-refractivity contribution is 7.83. The summed E-state index contributed by atoms with van der Waals surface area (Å²) in [5.41, 5.74) is 3.99. The second-order valence-electron chi connectivity index (χ2n) is 6.58. The maximum atomic E-state index is 13.0. The highest BCUT2D eigenvalue weighted by atomic mass is 32.2. The lowest BCUT2D eigenvalue weighted by molar-refractivity contribution is 0.102. The van der Waals surface area contributed by atoms with Crippen molar-refractivity contribution in [3.05, 3.63) is 70.9 Å². The minimum absolute atomic E-state index is 0.278. The van der Waals surface area contributed by atoms with Crippen LogP contribution < -0.4 is 10.1 Å². The SMILES string of the molecule is CCOc1ccccc1C(=O)Nc1c2c(nn1-c1ccccc1C)CS(=O)C2. The largest absolute Gasteiger partial charge is 0.493 e. The summed E-state index contributed by atoms with van der Waals surface area (Å²) in [5.74, 6) is 1.63. The second-order valence-corrected chi connectivity index (χ2v) is 8.04. The Morgan fingerprint density at radius 1 is 1.18 bits per heavy atom. The highest BCUT2D eigenvalue weighted by Gasteiger charge is 2.29. The second kappa shape index (κ2) is 7.59. The minimum atomic E-state index is -0.987. The number of carbonyl (C=O) groups is 1. The number of aromatic nitrogens is 2. The van der Waals surface area contributed by atoms with E-state index in [0.717, 1.165) is 22.5 Å². The van der Waals surface area contributed by atoms with Gasteiger partial charge in [-0.05, 0) is 37.6 Å². The molecule has 4 rings (SSSR count). The van der Waals surface area contributed by atoms with Crippen molar-refractivity contribution in [2.45, 2.75) is 25.4 Å². The Bertz CT molecular complexity index is 1070. The number of hydrogen-bond acceptors (Lipinski definition) is 4. The van der Waals surface area contributed by atoms with E-state index in [1.807, 2.05) is 44.2 Å². The zero-order chi connectivity index (χ0) is 19.7. The smallest absolute Gasteiger partial charge is 0.260 e. The maximum absolute atomic E-state index is 13.0. The fourth-order valence-electron chi connectivity index (χ4n) is 3.34. The van der Waals surface area contributed by atoms with Gasteiger partial charge in [-0.15, -0.1) is 0 Å². The predicted molar refractivity (Wildman–Crippen MR) is 109 cm³/mol. The molecule has 0 fully saturated rings. The zero-order valence-electron chi connectivity index (χ0n) is 15.8. The van der Waals surface area contributed by atoms with Crippen molar-refractivity contribution in [2.75, 3.05) is 11.9 Å². The molecule has 2 heterocycles. The molecule has 0 radical (unpaired) electrons. The molecule has 28 heavy (non-hydrogen) atoms. The fourth-order valence-corrected chi connectivity index (χ4v) is 4.61. The molecule has 2 aromatic carbocycles. The van der Waals surface area contributed by atoms with Crippen LogP contribution in [0, 0.1) is 6.92 Å². The third-order valence-electron chi connectivity index (χ3n) is 4.68. The van der Waals surface area contributed by atoms with E-state index in [4.69, 9.17) is 4.74 Å². The molecule has 1 aromatic heterocycles. The number of fused-ring (bicyclic) bond motifs is 1. The van der Waals surface area contributed by atoms with E-state index in [2.05, 4.69) is 10.4 Å². The van der Waals surface area contributed by atoms with E-state index in [1.54, 1.807) is 22.9 Å². The Morgan fingerprint density at radius 2 is 1.93 bits per heavy atom. The quantitative estimate of drug-likeness (QED) is 0.716. The number of ether oxygens (including phenoxy) is 1. The number of anilines is 1. The Labute approximate surface area is 166 Å². The summed E-state index contributed by atoms with van der Waals surface area (Å²) >= 11 is 0. The van der Waals surface area contributed by atoms with Crippen molar-refractivity contribution in [3.63, 3.8) is 0 Å². The van der Waals surface area contributed by atoms with Crippen molar-refractivity contribution in [1.82, 2.24) is 9.78 Å². The molecule has 1 aliphatic heterocycles. The molecule has 0 saturated carbocycles. The highest BCUT2D eigenvalue weighted by Crippen LogP contribution is 2.33. The Morgan fingerprint density at radius 3 is 2.71 bits per heavy atom. The number of amides is 1. The molecule has 0 bridgehead atoms. The van der Waals surface area contributed by atoms with Gasteiger partial charge in [0.05, 0.1) is 35.1 Å². The molecule has 7 heteroatoms. The van der Waals surface area contributed by atoms with Gasteiger partial charge in [0, 0.05) is 16.4 Å². The topological polar surface area (TPSA) is 73.2 Å². The van der Waals surface area contributed by atoms with E-state index >= 15 is 0 Å². The molecule has 1 unspecified atom stereocenters. The Hall–Kier alpha value is -2.93. The number of para-hydroxylation sites is 2. The number of carbonyl (C=O) groups excluding carboxylic acids is 1. The van der Waals surface area contributed by atoms with Crippen LogP contribution in [-0.2, 0) is 22.3 Å². The van der Waals surface area contributed by atoms with Crippen LogP contribution in [0.4, 0.5) is 5.82 Å². The number of hydrogen-bond donors (Lipinski definition) is 1. The van der Waals surface area contributed by atoms with Crippen molar-refractivity contribution in [2.24, 2.45) is 0 Å². The van der Waals surface area contributed by atoms with Crippen LogP contribution in [0.3, 0.4) is 0 Å². The minimum Gasteiger partial charge on any atom is -0.493 e. The van der Waals surface area contributed by atoms with Crippen LogP contribution in [0.15, 0.2) is 48.5 Å². The van der Waals surface area contributed by atoms with Crippen LogP contribution in [0.2, 0.25) is 0 Å². The summed E-state index contributed by atoms with van der Waals surface area (Å²) in [6.07, 6.45) is 0. The Kier molecular flexibility index (Phi) is 5.00. The van der Waals surface area contributed by atoms with Crippen LogP contribution in [0.5, 0.6) is 5.75 Å². The maximum Gasteiger partial charge on any atom is 0.260 e. The summed E-state index contributed by atoms with van der Waals surface area (Å²) in [6, 6.07) is 15.0. The third kappa shape index (κ3) is 3.33. The molecule has 1 amide bonds. The first kappa shape index (κ1) is 18.4. The van der Waals surface area contributed by atoms with Gasteiger partial charge in [0.15, 0.2) is 0 Å². The fraction of sp³-hybridized carbons (Fsp3) is 0.238. The first-order valence-electron chi connectivity index (χ1n) is 9.13. The van der Waals surface area contributed by atoms with E-state index in [1.165, 1.54) is 0 Å². The third-order valence-corrected chi connectivity index (χ3v) is 5.88. The molecule has 144 valence electrons. The molecule has 1 aliphatic rings. The Balaban J connectivity index is 1.77. The van der Waals surface area contributed by atoms with E-state index in [9.17, 15) is 9.00 Å². The molecule has 1 N–H and O–H groups in total. The van der Waals surface area contributed by atoms with Gasteiger partial charge in [-0.25, -0.2) is 4.68 Å². The van der Waals surface area contributed by atoms with Crippen molar-refractivity contribution >= 4 is 22.5 Å². The van der Waals surface area contributed by atoms with Crippen molar-refractivity contribution in [3.8, 4) is 11.4 Å². The first-order chi connectivity index (χ1) is 13.6.